The molecule has 1 aromatic rings. The summed E-state index contributed by atoms with van der Waals surface area (Å²) in [6.07, 6.45) is 2.71. The average molecular weight is 253 g/mol. The fraction of sp³-hybridized carbons (Fsp3) is 0.444. The van der Waals surface area contributed by atoms with Gasteiger partial charge in [0.2, 0.25) is 3.79 Å². The van der Waals surface area contributed by atoms with Crippen molar-refractivity contribution >= 4 is 34.8 Å². The van der Waals surface area contributed by atoms with Crippen LogP contribution in [0.5, 0.6) is 0 Å². The first-order valence-corrected chi connectivity index (χ1v) is 5.32. The van der Waals surface area contributed by atoms with Gasteiger partial charge >= 0.3 is 0 Å². The van der Waals surface area contributed by atoms with Gasteiger partial charge < -0.3 is 5.11 Å². The van der Waals surface area contributed by atoms with Gasteiger partial charge in [-0.3, -0.25) is 4.98 Å². The van der Waals surface area contributed by atoms with Crippen LogP contribution in [0.3, 0.4) is 0 Å². The maximum absolute atomic E-state index is 10.2. The predicted molar refractivity (Wildman–Crippen MR) is 56.7 cm³/mol. The van der Waals surface area contributed by atoms with Crippen LogP contribution in [0.4, 0.5) is 0 Å². The van der Waals surface area contributed by atoms with Gasteiger partial charge in [-0.2, -0.15) is 0 Å². The van der Waals surface area contributed by atoms with Crippen molar-refractivity contribution in [2.24, 2.45) is 0 Å². The molecule has 0 radical (unpaired) electrons. The van der Waals surface area contributed by atoms with Crippen LogP contribution in [-0.4, -0.2) is 13.9 Å². The average Bonchev–Trinajstić information content (AvgIpc) is 2.45. The Labute approximate surface area is 96.8 Å². The number of aromatic nitrogens is 1. The van der Waals surface area contributed by atoms with Crippen molar-refractivity contribution in [2.75, 3.05) is 0 Å². The molecule has 1 aliphatic rings. The van der Waals surface area contributed by atoms with E-state index in [4.69, 9.17) is 34.8 Å². The van der Waals surface area contributed by atoms with E-state index in [0.717, 1.165) is 5.69 Å². The largest absolute Gasteiger partial charge is 0.381 e. The Morgan fingerprint density at radius 3 is 2.79 bits per heavy atom. The lowest BCUT2D eigenvalue weighted by Gasteiger charge is -2.31. The summed E-state index contributed by atoms with van der Waals surface area (Å²) in [6.45, 7) is 0. The number of hydrogen-bond acceptors (Lipinski definition) is 2. The van der Waals surface area contributed by atoms with E-state index in [1.807, 2.05) is 0 Å². The number of pyridine rings is 1. The van der Waals surface area contributed by atoms with Gasteiger partial charge in [0.05, 0.1) is 0 Å². The molecule has 1 unspecified atom stereocenters. The summed E-state index contributed by atoms with van der Waals surface area (Å²) in [7, 11) is 0. The minimum Gasteiger partial charge on any atom is -0.381 e. The van der Waals surface area contributed by atoms with Gasteiger partial charge in [-0.1, -0.05) is 40.9 Å². The second-order valence-electron chi connectivity index (χ2n) is 3.36. The topological polar surface area (TPSA) is 33.1 Å². The standard InChI is InChI=1S/C9H8Cl3NO/c10-9(11,12)8(14)4-3-7-6(8)2-1-5-13-7/h1-2,5,14H,3-4H2. The summed E-state index contributed by atoms with van der Waals surface area (Å²) in [4.78, 5) is 4.13. The van der Waals surface area contributed by atoms with E-state index in [1.165, 1.54) is 0 Å². The number of alkyl halides is 3. The second kappa shape index (κ2) is 3.24. The molecule has 14 heavy (non-hydrogen) atoms. The van der Waals surface area contributed by atoms with E-state index < -0.39 is 9.39 Å². The van der Waals surface area contributed by atoms with Crippen molar-refractivity contribution in [3.63, 3.8) is 0 Å². The number of aliphatic hydroxyl groups is 1. The quantitative estimate of drug-likeness (QED) is 0.720. The van der Waals surface area contributed by atoms with Crippen LogP contribution in [0.15, 0.2) is 18.3 Å². The molecule has 0 fully saturated rings. The molecular weight excluding hydrogens is 244 g/mol. The van der Waals surface area contributed by atoms with E-state index in [2.05, 4.69) is 4.98 Å². The fourth-order valence-electron chi connectivity index (χ4n) is 1.74. The third-order valence-corrected chi connectivity index (χ3v) is 3.47. The zero-order valence-electron chi connectivity index (χ0n) is 7.17. The van der Waals surface area contributed by atoms with E-state index in [9.17, 15) is 5.11 Å². The zero-order chi connectivity index (χ0) is 10.4. The smallest absolute Gasteiger partial charge is 0.222 e. The number of rotatable bonds is 0. The summed E-state index contributed by atoms with van der Waals surface area (Å²) >= 11 is 17.3. The minimum absolute atomic E-state index is 0.399. The molecule has 2 nitrogen and oxygen atoms in total. The first kappa shape index (κ1) is 10.5. The third kappa shape index (κ3) is 1.41. The molecule has 1 heterocycles. The van der Waals surface area contributed by atoms with Crippen LogP contribution in [0, 0.1) is 0 Å². The number of aryl methyl sites for hydroxylation is 1. The highest BCUT2D eigenvalue weighted by molar-refractivity contribution is 6.68. The lowest BCUT2D eigenvalue weighted by molar-refractivity contribution is 0.0426. The first-order valence-electron chi connectivity index (χ1n) is 4.18. The van der Waals surface area contributed by atoms with Crippen molar-refractivity contribution in [2.45, 2.75) is 22.2 Å². The Hall–Kier alpha value is -0.0200. The van der Waals surface area contributed by atoms with Crippen molar-refractivity contribution in [1.82, 2.24) is 4.98 Å². The van der Waals surface area contributed by atoms with Crippen molar-refractivity contribution in [3.05, 3.63) is 29.6 Å². The van der Waals surface area contributed by atoms with Gasteiger partial charge in [-0.15, -0.1) is 0 Å². The first-order chi connectivity index (χ1) is 6.45. The minimum atomic E-state index is -1.71. The summed E-state index contributed by atoms with van der Waals surface area (Å²) < 4.78 is -1.71. The lowest BCUT2D eigenvalue weighted by Crippen LogP contribution is -2.37. The van der Waals surface area contributed by atoms with Gasteiger partial charge in [0.15, 0.2) is 0 Å². The molecule has 0 spiro atoms. The van der Waals surface area contributed by atoms with Crippen molar-refractivity contribution in [3.8, 4) is 0 Å². The van der Waals surface area contributed by atoms with Gasteiger partial charge in [-0.25, -0.2) is 0 Å². The van der Waals surface area contributed by atoms with Gasteiger partial charge in [0.25, 0.3) is 0 Å². The van der Waals surface area contributed by atoms with E-state index in [-0.39, 0.29) is 0 Å². The van der Waals surface area contributed by atoms with Crippen LogP contribution >= 0.6 is 34.8 Å². The number of fused-ring (bicyclic) bond motifs is 1. The molecule has 0 aliphatic heterocycles. The second-order valence-corrected chi connectivity index (χ2v) is 5.64. The summed E-state index contributed by atoms with van der Waals surface area (Å²) in [5.74, 6) is 0. The van der Waals surface area contributed by atoms with Gasteiger partial charge in [0, 0.05) is 17.5 Å². The molecule has 1 aliphatic carbocycles. The number of halogens is 3. The Morgan fingerprint density at radius 2 is 2.14 bits per heavy atom. The highest BCUT2D eigenvalue weighted by Crippen LogP contribution is 2.51. The molecule has 5 heteroatoms. The molecule has 1 N–H and O–H groups in total. The molecule has 0 aromatic carbocycles. The normalized spacial score (nSPS) is 26.3. The van der Waals surface area contributed by atoms with E-state index >= 15 is 0 Å². The zero-order valence-corrected chi connectivity index (χ0v) is 9.44. The van der Waals surface area contributed by atoms with Crippen molar-refractivity contribution < 1.29 is 5.11 Å². The maximum atomic E-state index is 10.2. The summed E-state index contributed by atoms with van der Waals surface area (Å²) in [6, 6.07) is 3.47. The molecular formula is C9H8Cl3NO. The van der Waals surface area contributed by atoms with E-state index in [0.29, 0.717) is 18.4 Å². The third-order valence-electron chi connectivity index (χ3n) is 2.53. The molecule has 0 saturated heterocycles. The Bertz CT molecular complexity index is 363. The van der Waals surface area contributed by atoms with Crippen LogP contribution in [-0.2, 0) is 12.0 Å². The fourth-order valence-corrected chi connectivity index (χ4v) is 2.33. The van der Waals surface area contributed by atoms with E-state index in [1.54, 1.807) is 18.3 Å². The Morgan fingerprint density at radius 1 is 1.43 bits per heavy atom. The molecule has 2 rings (SSSR count). The number of nitrogens with zero attached hydrogens (tertiary/aromatic N) is 1. The maximum Gasteiger partial charge on any atom is 0.222 e. The predicted octanol–water partition coefficient (Wildman–Crippen LogP) is 2.59. The molecule has 1 aromatic heterocycles. The van der Waals surface area contributed by atoms with Crippen LogP contribution < -0.4 is 0 Å². The number of hydrogen-bond donors (Lipinski definition) is 1. The molecule has 0 saturated carbocycles. The van der Waals surface area contributed by atoms with Crippen LogP contribution in [0.1, 0.15) is 17.7 Å². The Kier molecular flexibility index (Phi) is 2.43. The van der Waals surface area contributed by atoms with Crippen molar-refractivity contribution in [1.29, 1.82) is 0 Å². The monoisotopic (exact) mass is 251 g/mol. The molecule has 76 valence electrons. The highest BCUT2D eigenvalue weighted by atomic mass is 35.6. The van der Waals surface area contributed by atoms with Gasteiger partial charge in [0.1, 0.15) is 5.60 Å². The molecule has 0 amide bonds. The van der Waals surface area contributed by atoms with Crippen LogP contribution in [0.2, 0.25) is 0 Å². The highest BCUT2D eigenvalue weighted by Gasteiger charge is 2.52. The molecule has 0 bridgehead atoms. The molecule has 1 atom stereocenters. The van der Waals surface area contributed by atoms with Crippen LogP contribution in [0.25, 0.3) is 0 Å². The lowest BCUT2D eigenvalue weighted by atomic mass is 9.99. The van der Waals surface area contributed by atoms with Gasteiger partial charge in [-0.05, 0) is 18.9 Å². The SMILES string of the molecule is OC1(C(Cl)(Cl)Cl)CCc2ncccc21. The Balaban J connectivity index is 2.53. The summed E-state index contributed by atoms with van der Waals surface area (Å²) in [5, 5.41) is 10.2. The summed E-state index contributed by atoms with van der Waals surface area (Å²) in [5.41, 5.74) is 0.0303.